The summed E-state index contributed by atoms with van der Waals surface area (Å²) in [5.74, 6) is 0. The molecule has 0 aromatic carbocycles. The van der Waals surface area contributed by atoms with Gasteiger partial charge in [0.05, 0.1) is 16.7 Å². The summed E-state index contributed by atoms with van der Waals surface area (Å²) in [5.41, 5.74) is 2.31. The topological polar surface area (TPSA) is 37.8 Å². The highest BCUT2D eigenvalue weighted by Gasteiger charge is 2.18. The fourth-order valence-electron chi connectivity index (χ4n) is 1.93. The molecule has 1 N–H and O–H groups in total. The average molecular weight is 247 g/mol. The Hall–Kier alpha value is -1.26. The van der Waals surface area contributed by atoms with Crippen LogP contribution in [-0.2, 0) is 0 Å². The minimum Gasteiger partial charge on any atom is -0.306 e. The Kier molecular flexibility index (Phi) is 3.86. The molecule has 0 amide bonds. The number of nitrogens with zero attached hydrogens (tertiary/aromatic N) is 2. The van der Waals surface area contributed by atoms with Crippen molar-refractivity contribution in [2.24, 2.45) is 0 Å². The van der Waals surface area contributed by atoms with Gasteiger partial charge < -0.3 is 5.32 Å². The minimum atomic E-state index is 0.208. The second kappa shape index (κ2) is 5.38. The Morgan fingerprint density at radius 2 is 2.24 bits per heavy atom. The number of aryl methyl sites for hydroxylation is 2. The molecule has 0 saturated carbocycles. The second-order valence-electron chi connectivity index (χ2n) is 3.96. The highest BCUT2D eigenvalue weighted by Crippen LogP contribution is 2.29. The van der Waals surface area contributed by atoms with Crippen molar-refractivity contribution in [1.82, 2.24) is 15.3 Å². The number of aromatic nitrogens is 2. The Morgan fingerprint density at radius 1 is 1.41 bits per heavy atom. The Bertz CT molecular complexity index is 479. The van der Waals surface area contributed by atoms with Crippen LogP contribution in [0.4, 0.5) is 0 Å². The van der Waals surface area contributed by atoms with Gasteiger partial charge in [-0.3, -0.25) is 4.98 Å². The van der Waals surface area contributed by atoms with Gasteiger partial charge in [0.15, 0.2) is 0 Å². The fraction of sp³-hybridized carbons (Fsp3) is 0.385. The summed E-state index contributed by atoms with van der Waals surface area (Å²) in [4.78, 5) is 9.98. The smallest absolute Gasteiger partial charge is 0.0900 e. The predicted molar refractivity (Wildman–Crippen MR) is 71.3 cm³/mol. The van der Waals surface area contributed by atoms with Crippen LogP contribution in [0.3, 0.4) is 0 Å². The molecule has 0 aliphatic carbocycles. The molecule has 2 aromatic heterocycles. The normalized spacial score (nSPS) is 12.6. The first-order chi connectivity index (χ1) is 8.22. The van der Waals surface area contributed by atoms with Gasteiger partial charge in [-0.1, -0.05) is 13.0 Å². The number of thiazole rings is 1. The van der Waals surface area contributed by atoms with Crippen molar-refractivity contribution < 1.29 is 0 Å². The number of hydrogen-bond donors (Lipinski definition) is 1. The zero-order chi connectivity index (χ0) is 12.3. The third-order valence-electron chi connectivity index (χ3n) is 2.63. The molecule has 0 bridgehead atoms. The van der Waals surface area contributed by atoms with Gasteiger partial charge in [0, 0.05) is 17.3 Å². The Morgan fingerprint density at radius 3 is 2.76 bits per heavy atom. The van der Waals surface area contributed by atoms with E-state index in [1.807, 2.05) is 19.2 Å². The molecule has 2 rings (SSSR count). The largest absolute Gasteiger partial charge is 0.306 e. The molecule has 0 aliphatic rings. The molecular formula is C13H17N3S. The van der Waals surface area contributed by atoms with Crippen molar-refractivity contribution in [3.63, 3.8) is 0 Å². The zero-order valence-electron chi connectivity index (χ0n) is 10.4. The highest BCUT2D eigenvalue weighted by atomic mass is 32.1. The summed E-state index contributed by atoms with van der Waals surface area (Å²) in [6, 6.07) is 4.29. The van der Waals surface area contributed by atoms with Crippen LogP contribution in [0.15, 0.2) is 24.5 Å². The number of rotatable bonds is 4. The molecule has 0 fully saturated rings. The molecule has 3 nitrogen and oxygen atoms in total. The summed E-state index contributed by atoms with van der Waals surface area (Å²) in [5, 5.41) is 4.61. The lowest BCUT2D eigenvalue weighted by Gasteiger charge is -2.16. The van der Waals surface area contributed by atoms with Gasteiger partial charge in [-0.25, -0.2) is 4.98 Å². The fourth-order valence-corrected chi connectivity index (χ4v) is 2.96. The first-order valence-electron chi connectivity index (χ1n) is 5.79. The lowest BCUT2D eigenvalue weighted by atomic mass is 10.1. The SMILES string of the molecule is CCNC(c1cccnc1)c1sc(C)nc1C. The highest BCUT2D eigenvalue weighted by molar-refractivity contribution is 7.11. The van der Waals surface area contributed by atoms with E-state index in [9.17, 15) is 0 Å². The molecule has 0 saturated heterocycles. The first kappa shape index (κ1) is 12.2. The summed E-state index contributed by atoms with van der Waals surface area (Å²) in [6.45, 7) is 7.16. The van der Waals surface area contributed by atoms with Crippen molar-refractivity contribution >= 4 is 11.3 Å². The lowest BCUT2D eigenvalue weighted by Crippen LogP contribution is -2.21. The van der Waals surface area contributed by atoms with E-state index in [0.717, 1.165) is 17.2 Å². The van der Waals surface area contributed by atoms with Gasteiger partial charge in [0.25, 0.3) is 0 Å². The van der Waals surface area contributed by atoms with Crippen LogP contribution in [0.1, 0.15) is 34.1 Å². The van der Waals surface area contributed by atoms with Crippen molar-refractivity contribution in [3.05, 3.63) is 45.7 Å². The minimum absolute atomic E-state index is 0.208. The molecule has 0 aliphatic heterocycles. The summed E-state index contributed by atoms with van der Waals surface area (Å²) >= 11 is 1.76. The van der Waals surface area contributed by atoms with E-state index >= 15 is 0 Å². The van der Waals surface area contributed by atoms with Crippen LogP contribution < -0.4 is 5.32 Å². The monoisotopic (exact) mass is 247 g/mol. The quantitative estimate of drug-likeness (QED) is 0.902. The average Bonchev–Trinajstić information content (AvgIpc) is 2.66. The predicted octanol–water partition coefficient (Wildman–Crippen LogP) is 2.85. The van der Waals surface area contributed by atoms with Gasteiger partial charge in [0.2, 0.25) is 0 Å². The van der Waals surface area contributed by atoms with E-state index in [4.69, 9.17) is 0 Å². The Labute approximate surface area is 106 Å². The van der Waals surface area contributed by atoms with E-state index < -0.39 is 0 Å². The maximum absolute atomic E-state index is 4.50. The van der Waals surface area contributed by atoms with E-state index in [1.165, 1.54) is 10.4 Å². The van der Waals surface area contributed by atoms with Crippen molar-refractivity contribution in [1.29, 1.82) is 0 Å². The van der Waals surface area contributed by atoms with Crippen LogP contribution in [0.25, 0.3) is 0 Å². The maximum Gasteiger partial charge on any atom is 0.0900 e. The van der Waals surface area contributed by atoms with Gasteiger partial charge in [-0.05, 0) is 32.0 Å². The summed E-state index contributed by atoms with van der Waals surface area (Å²) in [6.07, 6.45) is 3.72. The third kappa shape index (κ3) is 2.70. The zero-order valence-corrected chi connectivity index (χ0v) is 11.2. The van der Waals surface area contributed by atoms with Gasteiger partial charge in [0.1, 0.15) is 0 Å². The van der Waals surface area contributed by atoms with Crippen LogP contribution in [0.2, 0.25) is 0 Å². The van der Waals surface area contributed by atoms with Crippen molar-refractivity contribution in [2.45, 2.75) is 26.8 Å². The number of hydrogen-bond acceptors (Lipinski definition) is 4. The van der Waals surface area contributed by atoms with Crippen LogP contribution >= 0.6 is 11.3 Å². The number of nitrogens with one attached hydrogen (secondary N) is 1. The Balaban J connectivity index is 2.39. The summed E-state index contributed by atoms with van der Waals surface area (Å²) < 4.78 is 0. The van der Waals surface area contributed by atoms with Crippen LogP contribution in [-0.4, -0.2) is 16.5 Å². The van der Waals surface area contributed by atoms with E-state index in [1.54, 1.807) is 17.5 Å². The summed E-state index contributed by atoms with van der Waals surface area (Å²) in [7, 11) is 0. The maximum atomic E-state index is 4.50. The molecule has 1 atom stereocenters. The molecule has 1 unspecified atom stereocenters. The molecule has 0 spiro atoms. The molecule has 17 heavy (non-hydrogen) atoms. The number of pyridine rings is 1. The van der Waals surface area contributed by atoms with Gasteiger partial charge in [-0.15, -0.1) is 11.3 Å². The lowest BCUT2D eigenvalue weighted by molar-refractivity contribution is 0.633. The van der Waals surface area contributed by atoms with E-state index in [-0.39, 0.29) is 6.04 Å². The molecule has 90 valence electrons. The molecule has 0 radical (unpaired) electrons. The van der Waals surface area contributed by atoms with Crippen LogP contribution in [0.5, 0.6) is 0 Å². The second-order valence-corrected chi connectivity index (χ2v) is 5.19. The third-order valence-corrected chi connectivity index (χ3v) is 3.77. The first-order valence-corrected chi connectivity index (χ1v) is 6.61. The molecular weight excluding hydrogens is 230 g/mol. The molecule has 4 heteroatoms. The van der Waals surface area contributed by atoms with Crippen molar-refractivity contribution in [3.8, 4) is 0 Å². The molecule has 2 aromatic rings. The molecule has 2 heterocycles. The standard InChI is InChI=1S/C13H17N3S/c1-4-15-12(11-6-5-7-14-8-11)13-9(2)16-10(3)17-13/h5-8,12,15H,4H2,1-3H3. The van der Waals surface area contributed by atoms with E-state index in [0.29, 0.717) is 0 Å². The van der Waals surface area contributed by atoms with Gasteiger partial charge in [-0.2, -0.15) is 0 Å². The van der Waals surface area contributed by atoms with Crippen molar-refractivity contribution in [2.75, 3.05) is 6.54 Å². The van der Waals surface area contributed by atoms with Crippen LogP contribution in [0, 0.1) is 13.8 Å². The van der Waals surface area contributed by atoms with E-state index in [2.05, 4.69) is 35.2 Å². The van der Waals surface area contributed by atoms with Gasteiger partial charge >= 0.3 is 0 Å².